The monoisotopic (exact) mass is 293 g/mol. The number of pyridine rings is 1. The third kappa shape index (κ3) is 2.39. The number of fused-ring (bicyclic) bond motifs is 1. The quantitative estimate of drug-likeness (QED) is 0.910. The van der Waals surface area contributed by atoms with Crippen molar-refractivity contribution >= 4 is 23.2 Å². The van der Waals surface area contributed by atoms with E-state index in [1.54, 1.807) is 16.7 Å². The van der Waals surface area contributed by atoms with Crippen LogP contribution in [-0.2, 0) is 0 Å². The number of nitrogens with one attached hydrogen (secondary N) is 1. The van der Waals surface area contributed by atoms with Gasteiger partial charge in [0.15, 0.2) is 10.8 Å². The average molecular weight is 294 g/mol. The highest BCUT2D eigenvalue weighted by Crippen LogP contribution is 2.28. The molecule has 1 fully saturated rings. The Balaban J connectivity index is 1.80. The summed E-state index contributed by atoms with van der Waals surface area (Å²) in [5.74, 6) is -0.311. The molecule has 3 rings (SSSR count). The van der Waals surface area contributed by atoms with E-state index in [9.17, 15) is 9.90 Å². The fraction of sp³-hybridized carbons (Fsp3) is 0.429. The molecular formula is C14H16ClN3O2. The standard InChI is InChI=1S/C14H16ClN3O2/c15-12-11(18-8-4-1-5-10(18)17-12)13(19)16-9-14(20)6-2-3-7-14/h1,4-5,8,20H,2-3,6-7,9H2,(H,16,19). The molecule has 0 spiro atoms. The normalized spacial score (nSPS) is 17.5. The van der Waals surface area contributed by atoms with Gasteiger partial charge in [-0.2, -0.15) is 0 Å². The van der Waals surface area contributed by atoms with Crippen molar-refractivity contribution in [1.82, 2.24) is 14.7 Å². The molecule has 2 aromatic heterocycles. The summed E-state index contributed by atoms with van der Waals surface area (Å²) in [4.78, 5) is 16.4. The third-order valence-electron chi connectivity index (χ3n) is 3.81. The minimum atomic E-state index is -0.775. The number of halogens is 1. The molecule has 2 heterocycles. The van der Waals surface area contributed by atoms with E-state index in [1.165, 1.54) is 0 Å². The molecule has 2 N–H and O–H groups in total. The molecule has 2 aromatic rings. The van der Waals surface area contributed by atoms with Crippen LogP contribution >= 0.6 is 11.6 Å². The van der Waals surface area contributed by atoms with Crippen molar-refractivity contribution in [1.29, 1.82) is 0 Å². The van der Waals surface area contributed by atoms with Crippen molar-refractivity contribution in [3.8, 4) is 0 Å². The number of hydrogen-bond acceptors (Lipinski definition) is 3. The molecule has 0 saturated heterocycles. The lowest BCUT2D eigenvalue weighted by Crippen LogP contribution is -2.41. The molecule has 0 aromatic carbocycles. The van der Waals surface area contributed by atoms with Gasteiger partial charge in [0.2, 0.25) is 0 Å². The van der Waals surface area contributed by atoms with Gasteiger partial charge in [-0.3, -0.25) is 9.20 Å². The molecule has 6 heteroatoms. The number of imidazole rings is 1. The second-order valence-corrected chi connectivity index (χ2v) is 5.65. The van der Waals surface area contributed by atoms with Crippen molar-refractivity contribution in [2.24, 2.45) is 0 Å². The summed E-state index contributed by atoms with van der Waals surface area (Å²) in [6.07, 6.45) is 5.21. The molecule has 0 atom stereocenters. The van der Waals surface area contributed by atoms with Gasteiger partial charge < -0.3 is 10.4 Å². The van der Waals surface area contributed by atoms with Crippen LogP contribution in [0, 0.1) is 0 Å². The van der Waals surface area contributed by atoms with Gasteiger partial charge >= 0.3 is 0 Å². The van der Waals surface area contributed by atoms with Crippen LogP contribution in [0.3, 0.4) is 0 Å². The summed E-state index contributed by atoms with van der Waals surface area (Å²) in [6, 6.07) is 5.43. The summed E-state index contributed by atoms with van der Waals surface area (Å²) >= 11 is 6.04. The zero-order chi connectivity index (χ0) is 14.2. The summed E-state index contributed by atoms with van der Waals surface area (Å²) < 4.78 is 1.65. The molecule has 0 bridgehead atoms. The minimum Gasteiger partial charge on any atom is -0.388 e. The second kappa shape index (κ2) is 5.07. The van der Waals surface area contributed by atoms with Gasteiger partial charge in [-0.1, -0.05) is 30.5 Å². The lowest BCUT2D eigenvalue weighted by molar-refractivity contribution is 0.0448. The van der Waals surface area contributed by atoms with Crippen LogP contribution in [0.5, 0.6) is 0 Å². The largest absolute Gasteiger partial charge is 0.388 e. The molecule has 0 radical (unpaired) electrons. The molecule has 0 unspecified atom stereocenters. The highest BCUT2D eigenvalue weighted by Gasteiger charge is 2.32. The Morgan fingerprint density at radius 2 is 2.20 bits per heavy atom. The fourth-order valence-corrected chi connectivity index (χ4v) is 2.97. The van der Waals surface area contributed by atoms with E-state index in [0.717, 1.165) is 25.7 Å². The highest BCUT2D eigenvalue weighted by molar-refractivity contribution is 6.32. The Morgan fingerprint density at radius 1 is 1.45 bits per heavy atom. The minimum absolute atomic E-state index is 0.173. The molecule has 20 heavy (non-hydrogen) atoms. The molecule has 106 valence electrons. The molecule has 1 amide bonds. The molecule has 1 saturated carbocycles. The predicted molar refractivity (Wildman–Crippen MR) is 76.0 cm³/mol. The number of aliphatic hydroxyl groups is 1. The van der Waals surface area contributed by atoms with Gasteiger partial charge in [-0.25, -0.2) is 4.98 Å². The Morgan fingerprint density at radius 3 is 2.95 bits per heavy atom. The van der Waals surface area contributed by atoms with Crippen molar-refractivity contribution in [2.75, 3.05) is 6.54 Å². The van der Waals surface area contributed by atoms with E-state index < -0.39 is 5.60 Å². The van der Waals surface area contributed by atoms with Crippen LogP contribution in [0.4, 0.5) is 0 Å². The van der Waals surface area contributed by atoms with E-state index in [-0.39, 0.29) is 17.6 Å². The number of hydrogen-bond donors (Lipinski definition) is 2. The summed E-state index contributed by atoms with van der Waals surface area (Å²) in [5.41, 5.74) is 0.161. The Labute approximate surface area is 121 Å². The number of amides is 1. The van der Waals surface area contributed by atoms with Crippen LogP contribution < -0.4 is 5.32 Å². The van der Waals surface area contributed by atoms with Crippen LogP contribution in [0.2, 0.25) is 5.15 Å². The van der Waals surface area contributed by atoms with Gasteiger partial charge in [0.1, 0.15) is 5.65 Å². The van der Waals surface area contributed by atoms with Crippen LogP contribution in [0.25, 0.3) is 5.65 Å². The van der Waals surface area contributed by atoms with E-state index in [1.807, 2.05) is 12.1 Å². The third-order valence-corrected chi connectivity index (χ3v) is 4.08. The number of carbonyl (C=O) groups is 1. The van der Waals surface area contributed by atoms with E-state index in [0.29, 0.717) is 11.3 Å². The first-order valence-electron chi connectivity index (χ1n) is 6.72. The van der Waals surface area contributed by atoms with Gasteiger partial charge in [0.25, 0.3) is 5.91 Å². The maximum Gasteiger partial charge on any atom is 0.271 e. The maximum atomic E-state index is 12.3. The molecule has 1 aliphatic carbocycles. The number of carbonyl (C=O) groups excluding carboxylic acids is 1. The SMILES string of the molecule is O=C(NCC1(O)CCCC1)c1c(Cl)nc2ccccn12. The Bertz CT molecular complexity index is 647. The van der Waals surface area contributed by atoms with Crippen molar-refractivity contribution in [2.45, 2.75) is 31.3 Å². The topological polar surface area (TPSA) is 66.6 Å². The Hall–Kier alpha value is -1.59. The lowest BCUT2D eigenvalue weighted by atomic mass is 10.0. The van der Waals surface area contributed by atoms with Gasteiger partial charge in [-0.05, 0) is 25.0 Å². The number of rotatable bonds is 3. The molecular weight excluding hydrogens is 278 g/mol. The van der Waals surface area contributed by atoms with Crippen LogP contribution in [0.15, 0.2) is 24.4 Å². The van der Waals surface area contributed by atoms with E-state index in [4.69, 9.17) is 11.6 Å². The van der Waals surface area contributed by atoms with E-state index in [2.05, 4.69) is 10.3 Å². The molecule has 1 aliphatic rings. The van der Waals surface area contributed by atoms with Gasteiger partial charge in [0.05, 0.1) is 5.60 Å². The smallest absolute Gasteiger partial charge is 0.271 e. The first-order chi connectivity index (χ1) is 9.59. The van der Waals surface area contributed by atoms with Gasteiger partial charge in [-0.15, -0.1) is 0 Å². The van der Waals surface area contributed by atoms with E-state index >= 15 is 0 Å². The zero-order valence-electron chi connectivity index (χ0n) is 11.0. The molecule has 5 nitrogen and oxygen atoms in total. The first-order valence-corrected chi connectivity index (χ1v) is 7.10. The van der Waals surface area contributed by atoms with Crippen LogP contribution in [-0.4, -0.2) is 32.5 Å². The summed E-state index contributed by atoms with van der Waals surface area (Å²) in [5, 5.41) is 13.2. The van der Waals surface area contributed by atoms with Crippen LogP contribution in [0.1, 0.15) is 36.2 Å². The first kappa shape index (κ1) is 13.4. The highest BCUT2D eigenvalue weighted by atomic mass is 35.5. The predicted octanol–water partition coefficient (Wildman–Crippen LogP) is 2.02. The number of nitrogens with zero attached hydrogens (tertiary/aromatic N) is 2. The number of aromatic nitrogens is 2. The maximum absolute atomic E-state index is 12.3. The zero-order valence-corrected chi connectivity index (χ0v) is 11.7. The van der Waals surface area contributed by atoms with Crippen molar-refractivity contribution in [3.05, 3.63) is 35.2 Å². The summed E-state index contributed by atoms with van der Waals surface area (Å²) in [7, 11) is 0. The second-order valence-electron chi connectivity index (χ2n) is 5.29. The van der Waals surface area contributed by atoms with Crippen molar-refractivity contribution < 1.29 is 9.90 Å². The summed E-state index contributed by atoms with van der Waals surface area (Å²) in [6.45, 7) is 0.252. The van der Waals surface area contributed by atoms with Gasteiger partial charge in [0, 0.05) is 12.7 Å². The lowest BCUT2D eigenvalue weighted by Gasteiger charge is -2.22. The van der Waals surface area contributed by atoms with Crippen molar-refractivity contribution in [3.63, 3.8) is 0 Å². The average Bonchev–Trinajstić information content (AvgIpc) is 2.99. The molecule has 0 aliphatic heterocycles. The Kier molecular flexibility index (Phi) is 3.40. The fourth-order valence-electron chi connectivity index (χ4n) is 2.71.